The Labute approximate surface area is 306 Å². The number of allylic oxidation sites excluding steroid dienone is 1. The van der Waals surface area contributed by atoms with Gasteiger partial charge in [0.1, 0.15) is 64.6 Å². The van der Waals surface area contributed by atoms with E-state index in [1.54, 1.807) is 0 Å². The van der Waals surface area contributed by atoms with Gasteiger partial charge in [0.15, 0.2) is 35.2 Å². The molecule has 55 heavy (non-hydrogen) atoms. The number of ether oxygens (including phenoxy) is 4. The summed E-state index contributed by atoms with van der Waals surface area (Å²) in [5.74, 6) is -9.16. The fourth-order valence-corrected chi connectivity index (χ4v) is 6.59. The average molecular weight is 769 g/mol. The SMILES string of the molecule is Nc1ccc(C2C=CC3(Oc4cc5oc(-c6ccc(O)c(O)c6)cc(=O)c5c(O)c42)OC(C(=O)OC2OC(C(=O)O)C(O)C(O)C2O)C(O)C(O)C3O)cn1. The Hall–Kier alpha value is -5.84. The number of nitrogens with two attached hydrogens (primary N) is 1. The normalized spacial score (nSPS) is 31.7. The van der Waals surface area contributed by atoms with Crippen molar-refractivity contribution in [3.8, 4) is 34.3 Å². The molecule has 2 fully saturated rings. The number of aliphatic hydroxyl groups is 6. The van der Waals surface area contributed by atoms with E-state index in [-0.39, 0.29) is 39.4 Å². The highest BCUT2D eigenvalue weighted by Gasteiger charge is 2.59. The Balaban J connectivity index is 1.33. The molecule has 1 spiro atoms. The third kappa shape index (κ3) is 6.35. The number of aromatic nitrogens is 1. The summed E-state index contributed by atoms with van der Waals surface area (Å²) in [6, 6.07) is 8.71. The second-order valence-electron chi connectivity index (χ2n) is 13.0. The molecule has 0 saturated carbocycles. The van der Waals surface area contributed by atoms with Crippen LogP contribution < -0.4 is 15.9 Å². The van der Waals surface area contributed by atoms with E-state index in [0.717, 1.165) is 30.3 Å². The number of anilines is 1. The largest absolute Gasteiger partial charge is 0.507 e. The number of carboxylic acids is 1. The number of phenols is 3. The molecule has 20 nitrogen and oxygen atoms in total. The van der Waals surface area contributed by atoms with Crippen LogP contribution in [0.5, 0.6) is 23.0 Å². The predicted octanol–water partition coefficient (Wildman–Crippen LogP) is -1.75. The van der Waals surface area contributed by atoms with E-state index < -0.39 is 101 Å². The Morgan fingerprint density at radius 2 is 1.58 bits per heavy atom. The summed E-state index contributed by atoms with van der Waals surface area (Å²) >= 11 is 0. The van der Waals surface area contributed by atoms with Gasteiger partial charge in [-0.05, 0) is 35.9 Å². The topological polar surface area (TPSA) is 342 Å². The number of hydrogen-bond acceptors (Lipinski definition) is 19. The molecule has 7 rings (SSSR count). The minimum atomic E-state index is -2.64. The Morgan fingerprint density at radius 3 is 2.25 bits per heavy atom. The lowest BCUT2D eigenvalue weighted by molar-refractivity contribution is -0.321. The third-order valence-electron chi connectivity index (χ3n) is 9.51. The highest BCUT2D eigenvalue weighted by atomic mass is 16.8. The number of rotatable bonds is 5. The number of nitrogens with zero attached hydrogens (tertiary/aromatic N) is 1. The summed E-state index contributed by atoms with van der Waals surface area (Å²) in [6.45, 7) is 0. The number of esters is 1. The fourth-order valence-electron chi connectivity index (χ4n) is 6.59. The molecule has 3 aliphatic heterocycles. The van der Waals surface area contributed by atoms with Gasteiger partial charge in [0.2, 0.25) is 6.29 Å². The third-order valence-corrected chi connectivity index (χ3v) is 9.51. The molecule has 0 aliphatic carbocycles. The van der Waals surface area contributed by atoms with Gasteiger partial charge in [0.25, 0.3) is 5.79 Å². The number of benzene rings is 2. The molecule has 0 amide bonds. The highest BCUT2D eigenvalue weighted by Crippen LogP contribution is 2.49. The van der Waals surface area contributed by atoms with Crippen molar-refractivity contribution in [2.45, 2.75) is 66.8 Å². The van der Waals surface area contributed by atoms with Crippen molar-refractivity contribution in [3.63, 3.8) is 0 Å². The zero-order valence-electron chi connectivity index (χ0n) is 27.8. The van der Waals surface area contributed by atoms with Crippen molar-refractivity contribution in [1.29, 1.82) is 0 Å². The molecule has 2 aromatic carbocycles. The first kappa shape index (κ1) is 37.5. The number of aliphatic hydroxyl groups excluding tert-OH is 6. The van der Waals surface area contributed by atoms with Crippen molar-refractivity contribution >= 4 is 28.7 Å². The number of pyridine rings is 1. The summed E-state index contributed by atoms with van der Waals surface area (Å²) in [5, 5.41) is 104. The Morgan fingerprint density at radius 1 is 0.855 bits per heavy atom. The van der Waals surface area contributed by atoms with Gasteiger partial charge in [0.05, 0.1) is 0 Å². The van der Waals surface area contributed by atoms with Crippen molar-refractivity contribution in [1.82, 2.24) is 4.98 Å². The van der Waals surface area contributed by atoms with Crippen molar-refractivity contribution in [3.05, 3.63) is 82.2 Å². The molecule has 0 radical (unpaired) electrons. The quantitative estimate of drug-likeness (QED) is 0.0609. The van der Waals surface area contributed by atoms with Crippen LogP contribution in [0, 0.1) is 0 Å². The van der Waals surface area contributed by atoms with Gasteiger partial charge in [-0.2, -0.15) is 0 Å². The van der Waals surface area contributed by atoms with Gasteiger partial charge >= 0.3 is 11.9 Å². The van der Waals surface area contributed by atoms with Crippen LogP contribution in [0.25, 0.3) is 22.3 Å². The highest BCUT2D eigenvalue weighted by molar-refractivity contribution is 5.89. The van der Waals surface area contributed by atoms with Gasteiger partial charge in [0, 0.05) is 35.4 Å². The molecule has 3 aliphatic rings. The summed E-state index contributed by atoms with van der Waals surface area (Å²) in [7, 11) is 0. The summed E-state index contributed by atoms with van der Waals surface area (Å²) in [4.78, 5) is 42.7. The number of aliphatic carboxylic acids is 1. The van der Waals surface area contributed by atoms with Gasteiger partial charge < -0.3 is 80.2 Å². The molecule has 11 atom stereocenters. The zero-order valence-corrected chi connectivity index (χ0v) is 27.8. The summed E-state index contributed by atoms with van der Waals surface area (Å²) in [6.07, 6.45) is -16.3. The van der Waals surface area contributed by atoms with Crippen molar-refractivity contribution in [2.75, 3.05) is 5.73 Å². The molecular formula is C35H32N2O18. The molecule has 4 aromatic rings. The monoisotopic (exact) mass is 768 g/mol. The minimum Gasteiger partial charge on any atom is -0.507 e. The standard InChI is InChI=1S/C35H32N2O18/c36-20-4-2-12(10-37-20)13-5-6-35(31(47)27(45)26(44)30(55-35)33(50)53-34-28(46)24(42)25(43)29(52-34)32(48)49)54-19-9-18-22(23(41)21(13)19)16(40)8-17(51-18)11-1-3-14(38)15(39)7-11/h1-10,13,24-31,34,38-39,41-47H,(H2,36,37)(H,48,49). The van der Waals surface area contributed by atoms with E-state index >= 15 is 0 Å². The van der Waals surface area contributed by atoms with Crippen LogP contribution in [0.4, 0.5) is 5.82 Å². The molecule has 290 valence electrons. The number of hydrogen-bond donors (Lipinski definition) is 11. The van der Waals surface area contributed by atoms with Crippen LogP contribution in [-0.2, 0) is 23.8 Å². The minimum absolute atomic E-state index is 0.124. The first-order valence-electron chi connectivity index (χ1n) is 16.3. The average Bonchev–Trinajstić information content (AvgIpc) is 3.31. The van der Waals surface area contributed by atoms with E-state index in [2.05, 4.69) is 4.98 Å². The molecule has 5 heterocycles. The van der Waals surface area contributed by atoms with Crippen molar-refractivity contribution < 1.29 is 84.0 Å². The van der Waals surface area contributed by atoms with E-state index in [0.29, 0.717) is 5.56 Å². The van der Waals surface area contributed by atoms with E-state index in [1.807, 2.05) is 0 Å². The number of carbonyl (C=O) groups excluding carboxylic acids is 1. The van der Waals surface area contributed by atoms with Gasteiger partial charge in [-0.15, -0.1) is 0 Å². The van der Waals surface area contributed by atoms with Gasteiger partial charge in [-0.3, -0.25) is 4.79 Å². The molecular weight excluding hydrogens is 736 g/mol. The summed E-state index contributed by atoms with van der Waals surface area (Å²) in [5.41, 5.74) is 5.07. The number of nitrogen functional groups attached to an aromatic ring is 1. The number of carboxylic acid groups (broad SMARTS) is 1. The molecule has 2 aromatic heterocycles. The van der Waals surface area contributed by atoms with Gasteiger partial charge in [-0.25, -0.2) is 14.6 Å². The first-order chi connectivity index (χ1) is 26.0. The summed E-state index contributed by atoms with van der Waals surface area (Å²) < 4.78 is 28.0. The van der Waals surface area contributed by atoms with Crippen LogP contribution in [0.1, 0.15) is 17.0 Å². The fraction of sp³-hybridized carbons (Fsp3) is 0.314. The molecule has 20 heteroatoms. The number of aromatic hydroxyl groups is 3. The van der Waals surface area contributed by atoms with Crippen molar-refractivity contribution in [2.24, 2.45) is 0 Å². The Kier molecular flexibility index (Phi) is 9.39. The van der Waals surface area contributed by atoms with E-state index in [9.17, 15) is 65.4 Å². The maximum Gasteiger partial charge on any atom is 0.340 e. The molecule has 11 unspecified atom stereocenters. The van der Waals surface area contributed by atoms with Crippen LogP contribution >= 0.6 is 0 Å². The number of phenolic OH excluding ortho intramolecular Hbond substituents is 3. The first-order valence-corrected chi connectivity index (χ1v) is 16.3. The molecule has 2 saturated heterocycles. The van der Waals surface area contributed by atoms with Crippen LogP contribution in [-0.4, -0.2) is 129 Å². The molecule has 0 bridgehead atoms. The maximum atomic E-state index is 13.5. The van der Waals surface area contributed by atoms with Gasteiger partial charge in [-0.1, -0.05) is 12.1 Å². The Bertz CT molecular complexity index is 2260. The van der Waals surface area contributed by atoms with E-state index in [1.165, 1.54) is 30.5 Å². The van der Waals surface area contributed by atoms with Crippen LogP contribution in [0.15, 0.2) is 70.0 Å². The predicted molar refractivity (Wildman–Crippen MR) is 179 cm³/mol. The van der Waals surface area contributed by atoms with Crippen LogP contribution in [0.2, 0.25) is 0 Å². The van der Waals surface area contributed by atoms with E-state index in [4.69, 9.17) is 29.1 Å². The second kappa shape index (κ2) is 13.8. The lowest BCUT2D eigenvalue weighted by atomic mass is 9.88. The maximum absolute atomic E-state index is 13.5. The smallest absolute Gasteiger partial charge is 0.340 e. The lowest BCUT2D eigenvalue weighted by Crippen LogP contribution is -2.68. The molecule has 12 N–H and O–H groups in total. The zero-order chi connectivity index (χ0) is 39.7. The second-order valence-corrected chi connectivity index (χ2v) is 13.0. The van der Waals surface area contributed by atoms with Crippen LogP contribution in [0.3, 0.4) is 0 Å². The number of fused-ring (bicyclic) bond motifs is 2. The lowest BCUT2D eigenvalue weighted by Gasteiger charge is -2.46. The number of carbonyl (C=O) groups is 2.